The maximum absolute atomic E-state index is 12.9. The van der Waals surface area contributed by atoms with Crippen molar-refractivity contribution in [1.82, 2.24) is 4.31 Å². The zero-order valence-corrected chi connectivity index (χ0v) is 16.7. The molecule has 0 saturated carbocycles. The van der Waals surface area contributed by atoms with Gasteiger partial charge in [0.2, 0.25) is 5.78 Å². The summed E-state index contributed by atoms with van der Waals surface area (Å²) in [5, 5.41) is 19.7. The quantitative estimate of drug-likeness (QED) is 0.503. The van der Waals surface area contributed by atoms with Gasteiger partial charge in [0.1, 0.15) is 5.70 Å². The number of carbonyl (C=O) groups excluding carboxylic acids is 1. The Morgan fingerprint density at radius 2 is 1.50 bits per heavy atom. The monoisotopic (exact) mass is 416 g/mol. The number of carbonyl (C=O) groups is 1. The van der Waals surface area contributed by atoms with Gasteiger partial charge < -0.3 is 5.11 Å². The van der Waals surface area contributed by atoms with Gasteiger partial charge in [0.25, 0.3) is 10.0 Å². The van der Waals surface area contributed by atoms with Gasteiger partial charge in [-0.05, 0) is 35.4 Å². The molecule has 30 heavy (non-hydrogen) atoms. The molecule has 1 N–H and O–H groups in total. The molecule has 0 aromatic heterocycles. The van der Waals surface area contributed by atoms with Gasteiger partial charge in [-0.3, -0.25) is 9.10 Å². The zero-order chi connectivity index (χ0) is 21.5. The molecule has 148 valence electrons. The SMILES string of the molecule is CN1C(=C(O)c2ccc(-c3ccc(C#N)cc3)cc2)C(=O)c2ccccc2S1(=O)=O. The van der Waals surface area contributed by atoms with Crippen LogP contribution in [0.2, 0.25) is 0 Å². The minimum absolute atomic E-state index is 0.0337. The number of allylic oxidation sites excluding steroid dienone is 1. The molecule has 0 bridgehead atoms. The van der Waals surface area contributed by atoms with E-state index < -0.39 is 21.6 Å². The predicted molar refractivity (Wildman–Crippen MR) is 112 cm³/mol. The highest BCUT2D eigenvalue weighted by atomic mass is 32.2. The second-order valence-corrected chi connectivity index (χ2v) is 8.70. The zero-order valence-electron chi connectivity index (χ0n) is 15.9. The molecule has 0 amide bonds. The molecule has 1 aliphatic heterocycles. The van der Waals surface area contributed by atoms with E-state index in [1.54, 1.807) is 48.5 Å². The highest BCUT2D eigenvalue weighted by molar-refractivity contribution is 7.89. The highest BCUT2D eigenvalue weighted by Gasteiger charge is 2.39. The van der Waals surface area contributed by atoms with Gasteiger partial charge in [0.15, 0.2) is 5.76 Å². The first-order valence-electron chi connectivity index (χ1n) is 9.01. The van der Waals surface area contributed by atoms with Crippen LogP contribution in [-0.4, -0.2) is 30.7 Å². The van der Waals surface area contributed by atoms with Crippen LogP contribution in [0.1, 0.15) is 21.5 Å². The molecule has 3 aromatic carbocycles. The molecule has 0 spiro atoms. The second-order valence-electron chi connectivity index (χ2n) is 6.76. The third-order valence-electron chi connectivity index (χ3n) is 5.03. The van der Waals surface area contributed by atoms with E-state index in [4.69, 9.17) is 5.26 Å². The molecule has 6 nitrogen and oxygen atoms in total. The minimum Gasteiger partial charge on any atom is -0.505 e. The molecule has 0 atom stereocenters. The maximum atomic E-state index is 12.9. The molecule has 1 aliphatic rings. The number of aliphatic hydroxyl groups is 1. The number of hydrogen-bond donors (Lipinski definition) is 1. The molecule has 0 radical (unpaired) electrons. The average Bonchev–Trinajstić information content (AvgIpc) is 2.78. The Balaban J connectivity index is 1.77. The van der Waals surface area contributed by atoms with Gasteiger partial charge in [-0.25, -0.2) is 8.42 Å². The van der Waals surface area contributed by atoms with E-state index in [0.29, 0.717) is 11.1 Å². The van der Waals surface area contributed by atoms with Crippen molar-refractivity contribution in [3.63, 3.8) is 0 Å². The number of nitrogens with zero attached hydrogens (tertiary/aromatic N) is 2. The molecule has 7 heteroatoms. The number of fused-ring (bicyclic) bond motifs is 1. The summed E-state index contributed by atoms with van der Waals surface area (Å²) >= 11 is 0. The number of rotatable bonds is 2. The van der Waals surface area contributed by atoms with Crippen molar-refractivity contribution < 1.29 is 18.3 Å². The van der Waals surface area contributed by atoms with E-state index in [1.807, 2.05) is 12.1 Å². The van der Waals surface area contributed by atoms with Crippen molar-refractivity contribution >= 4 is 21.6 Å². The number of Topliss-reactive ketones (excluding diaryl/α,β-unsaturated/α-hetero) is 1. The molecule has 0 fully saturated rings. The number of likely N-dealkylation sites (N-methyl/N-ethyl adjacent to an activating group) is 1. The number of sulfonamides is 1. The van der Waals surface area contributed by atoms with Gasteiger partial charge in [0.05, 0.1) is 16.5 Å². The lowest BCUT2D eigenvalue weighted by molar-refractivity contribution is 0.100. The molecule has 0 unspecified atom stereocenters. The average molecular weight is 416 g/mol. The van der Waals surface area contributed by atoms with E-state index >= 15 is 0 Å². The fraction of sp³-hybridized carbons (Fsp3) is 0.0435. The smallest absolute Gasteiger partial charge is 0.265 e. The van der Waals surface area contributed by atoms with Crippen molar-refractivity contribution in [1.29, 1.82) is 5.26 Å². The first-order chi connectivity index (χ1) is 14.3. The predicted octanol–water partition coefficient (Wildman–Crippen LogP) is 3.97. The first-order valence-corrected chi connectivity index (χ1v) is 10.5. The summed E-state index contributed by atoms with van der Waals surface area (Å²) in [5.41, 5.74) is 2.35. The van der Waals surface area contributed by atoms with Crippen LogP contribution in [0.15, 0.2) is 83.4 Å². The largest absolute Gasteiger partial charge is 0.505 e. The van der Waals surface area contributed by atoms with Crippen molar-refractivity contribution in [2.24, 2.45) is 0 Å². The summed E-state index contributed by atoms with van der Waals surface area (Å²) in [6, 6.07) is 21.8. The molecule has 0 saturated heterocycles. The fourth-order valence-corrected chi connectivity index (χ4v) is 4.76. The fourth-order valence-electron chi connectivity index (χ4n) is 3.37. The molecule has 3 aromatic rings. The summed E-state index contributed by atoms with van der Waals surface area (Å²) in [6.07, 6.45) is 0. The summed E-state index contributed by atoms with van der Waals surface area (Å²) in [4.78, 5) is 12.8. The molecule has 1 heterocycles. The number of nitriles is 1. The minimum atomic E-state index is -3.95. The Labute approximate surface area is 174 Å². The maximum Gasteiger partial charge on any atom is 0.265 e. The Kier molecular flexibility index (Phi) is 4.65. The number of hydrogen-bond acceptors (Lipinski definition) is 5. The summed E-state index contributed by atoms with van der Waals surface area (Å²) in [5.74, 6) is -0.969. The Morgan fingerprint density at radius 3 is 2.10 bits per heavy atom. The Hall–Kier alpha value is -3.89. The van der Waals surface area contributed by atoms with Crippen molar-refractivity contribution in [3.05, 3.63) is 95.2 Å². The van der Waals surface area contributed by atoms with Gasteiger partial charge in [-0.2, -0.15) is 5.26 Å². The van der Waals surface area contributed by atoms with Gasteiger partial charge in [-0.1, -0.05) is 48.5 Å². The topological polar surface area (TPSA) is 98.5 Å². The van der Waals surface area contributed by atoms with Gasteiger partial charge in [0, 0.05) is 18.2 Å². The van der Waals surface area contributed by atoms with Gasteiger partial charge in [-0.15, -0.1) is 0 Å². The summed E-state index contributed by atoms with van der Waals surface area (Å²) in [7, 11) is -2.70. The van der Waals surface area contributed by atoms with Crippen molar-refractivity contribution in [2.45, 2.75) is 4.90 Å². The van der Waals surface area contributed by atoms with Crippen LogP contribution >= 0.6 is 0 Å². The summed E-state index contributed by atoms with van der Waals surface area (Å²) < 4.78 is 26.4. The summed E-state index contributed by atoms with van der Waals surface area (Å²) in [6.45, 7) is 0. The van der Waals surface area contributed by atoms with Crippen LogP contribution in [0.25, 0.3) is 16.9 Å². The number of aliphatic hydroxyl groups excluding tert-OH is 1. The molecular weight excluding hydrogens is 400 g/mol. The number of ketones is 1. The standard InChI is InChI=1S/C23H16N2O4S/c1-25-21(23(27)19-4-2-3-5-20(19)30(25,28)29)22(26)18-12-10-17(11-13-18)16-8-6-15(14-24)7-9-16/h2-13,26H,1H3. The van der Waals surface area contributed by atoms with Crippen LogP contribution in [0.4, 0.5) is 0 Å². The van der Waals surface area contributed by atoms with E-state index in [1.165, 1.54) is 19.2 Å². The lowest BCUT2D eigenvalue weighted by Crippen LogP contribution is -2.37. The Bertz CT molecular complexity index is 1330. The third kappa shape index (κ3) is 3.04. The normalized spacial score (nSPS) is 16.5. The molecular formula is C23H16N2O4S. The van der Waals surface area contributed by atoms with E-state index in [0.717, 1.165) is 15.4 Å². The Morgan fingerprint density at radius 1 is 0.933 bits per heavy atom. The van der Waals surface area contributed by atoms with Crippen molar-refractivity contribution in [3.8, 4) is 17.2 Å². The first kappa shape index (κ1) is 19.4. The molecule has 4 rings (SSSR count). The van der Waals surface area contributed by atoms with E-state index in [-0.39, 0.29) is 16.2 Å². The van der Waals surface area contributed by atoms with Crippen LogP contribution in [-0.2, 0) is 10.0 Å². The van der Waals surface area contributed by atoms with Gasteiger partial charge >= 0.3 is 0 Å². The molecule has 0 aliphatic carbocycles. The van der Waals surface area contributed by atoms with Crippen LogP contribution in [0.5, 0.6) is 0 Å². The van der Waals surface area contributed by atoms with E-state index in [9.17, 15) is 18.3 Å². The van der Waals surface area contributed by atoms with Crippen molar-refractivity contribution in [2.75, 3.05) is 7.05 Å². The van der Waals surface area contributed by atoms with Crippen LogP contribution in [0.3, 0.4) is 0 Å². The van der Waals surface area contributed by atoms with Crippen LogP contribution < -0.4 is 0 Å². The van der Waals surface area contributed by atoms with E-state index in [2.05, 4.69) is 6.07 Å². The lowest BCUT2D eigenvalue weighted by Gasteiger charge is -2.28. The lowest BCUT2D eigenvalue weighted by atomic mass is 10.0. The number of benzene rings is 3. The third-order valence-corrected chi connectivity index (χ3v) is 6.85. The van der Waals surface area contributed by atoms with Crippen LogP contribution in [0, 0.1) is 11.3 Å². The second kappa shape index (κ2) is 7.17. The highest BCUT2D eigenvalue weighted by Crippen LogP contribution is 2.34.